The number of amides is 1. The lowest BCUT2D eigenvalue weighted by Gasteiger charge is -2.39. The highest BCUT2D eigenvalue weighted by Crippen LogP contribution is 2.34. The van der Waals surface area contributed by atoms with E-state index < -0.39 is 0 Å². The second kappa shape index (κ2) is 8.18. The fourth-order valence-corrected chi connectivity index (χ4v) is 3.01. The highest BCUT2D eigenvalue weighted by atomic mass is 35.5. The Morgan fingerprint density at radius 2 is 2.12 bits per heavy atom. The number of nitrogens with zero attached hydrogens (tertiary/aromatic N) is 1. The number of halogens is 1. The molecule has 0 bridgehead atoms. The molecule has 1 aromatic carbocycles. The van der Waals surface area contributed by atoms with Crippen LogP contribution < -0.4 is 0 Å². The van der Waals surface area contributed by atoms with Gasteiger partial charge in [0, 0.05) is 29.1 Å². The van der Waals surface area contributed by atoms with Crippen LogP contribution in [0.4, 0.5) is 4.79 Å². The van der Waals surface area contributed by atoms with Crippen LogP contribution in [0.5, 0.6) is 0 Å². The Bertz CT molecular complexity index is 747. The van der Waals surface area contributed by atoms with Crippen LogP contribution >= 0.6 is 11.6 Å². The summed E-state index contributed by atoms with van der Waals surface area (Å²) in [5, 5.41) is 0.687. The summed E-state index contributed by atoms with van der Waals surface area (Å²) in [4.78, 5) is 14.1. The number of benzene rings is 1. The summed E-state index contributed by atoms with van der Waals surface area (Å²) < 4.78 is 5.45. The van der Waals surface area contributed by atoms with Gasteiger partial charge in [-0.2, -0.15) is 0 Å². The molecule has 140 valence electrons. The predicted molar refractivity (Wildman–Crippen MR) is 107 cm³/mol. The summed E-state index contributed by atoms with van der Waals surface area (Å²) in [6.45, 7) is 12.2. The van der Waals surface area contributed by atoms with Crippen LogP contribution in [0.3, 0.4) is 0 Å². The summed E-state index contributed by atoms with van der Waals surface area (Å²) in [6.07, 6.45) is 2.57. The Hall–Kier alpha value is -1.92. The lowest BCUT2D eigenvalue weighted by molar-refractivity contribution is 0.0581. The molecule has 1 aliphatic rings. The van der Waals surface area contributed by atoms with Crippen LogP contribution in [-0.2, 0) is 4.74 Å². The molecule has 0 atom stereocenters. The number of ether oxygens (including phenoxy) is 1. The van der Waals surface area contributed by atoms with Crippen molar-refractivity contribution in [3.63, 3.8) is 0 Å². The van der Waals surface area contributed by atoms with Crippen molar-refractivity contribution in [3.05, 3.63) is 46.5 Å². The molecule has 1 amide bonds. The third-order valence-corrected chi connectivity index (χ3v) is 4.52. The van der Waals surface area contributed by atoms with Crippen molar-refractivity contribution in [2.75, 3.05) is 19.7 Å². The van der Waals surface area contributed by atoms with Crippen molar-refractivity contribution in [2.45, 2.75) is 41.0 Å². The van der Waals surface area contributed by atoms with Crippen molar-refractivity contribution in [2.24, 2.45) is 10.8 Å². The van der Waals surface area contributed by atoms with E-state index >= 15 is 0 Å². The fourth-order valence-electron chi connectivity index (χ4n) is 2.82. The number of piperidine rings is 1. The molecule has 0 radical (unpaired) electrons. The molecule has 1 saturated heterocycles. The smallest absolute Gasteiger partial charge is 0.409 e. The Labute approximate surface area is 162 Å². The second-order valence-electron chi connectivity index (χ2n) is 8.62. The largest absolute Gasteiger partial charge is 0.449 e. The Balaban J connectivity index is 2.01. The average Bonchev–Trinajstić information content (AvgIpc) is 2.53. The molecular weight excluding hydrogens is 346 g/mol. The molecule has 1 fully saturated rings. The van der Waals surface area contributed by atoms with Gasteiger partial charge in [-0.3, -0.25) is 0 Å². The van der Waals surface area contributed by atoms with Gasteiger partial charge in [-0.25, -0.2) is 4.79 Å². The van der Waals surface area contributed by atoms with E-state index in [0.717, 1.165) is 12.0 Å². The third kappa shape index (κ3) is 6.11. The van der Waals surface area contributed by atoms with E-state index in [1.807, 2.05) is 30.3 Å². The fraction of sp³-hybridized carbons (Fsp3) is 0.500. The van der Waals surface area contributed by atoms with Gasteiger partial charge in [0.15, 0.2) is 0 Å². The van der Waals surface area contributed by atoms with E-state index in [1.54, 1.807) is 4.90 Å². The Kier molecular flexibility index (Phi) is 6.42. The molecule has 0 saturated carbocycles. The van der Waals surface area contributed by atoms with Gasteiger partial charge < -0.3 is 9.64 Å². The molecule has 2 rings (SSSR count). The van der Waals surface area contributed by atoms with Crippen LogP contribution in [-0.4, -0.2) is 30.7 Å². The summed E-state index contributed by atoms with van der Waals surface area (Å²) in [6, 6.07) is 7.52. The maximum atomic E-state index is 12.3. The minimum atomic E-state index is -0.225. The van der Waals surface area contributed by atoms with Crippen LogP contribution in [0.15, 0.2) is 35.9 Å². The topological polar surface area (TPSA) is 29.5 Å². The number of rotatable bonds is 1. The van der Waals surface area contributed by atoms with Gasteiger partial charge >= 0.3 is 6.09 Å². The van der Waals surface area contributed by atoms with E-state index in [4.69, 9.17) is 16.3 Å². The summed E-state index contributed by atoms with van der Waals surface area (Å²) in [5.74, 6) is 6.26. The van der Waals surface area contributed by atoms with Gasteiger partial charge in [0.05, 0.1) is 6.61 Å². The van der Waals surface area contributed by atoms with Crippen LogP contribution in [0.25, 0.3) is 0 Å². The number of carbonyl (C=O) groups excluding carboxylic acids is 1. The summed E-state index contributed by atoms with van der Waals surface area (Å²) >= 11 is 5.98. The van der Waals surface area contributed by atoms with Crippen molar-refractivity contribution in [3.8, 4) is 11.8 Å². The van der Waals surface area contributed by atoms with Gasteiger partial charge in [-0.15, -0.1) is 0 Å². The van der Waals surface area contributed by atoms with E-state index in [0.29, 0.717) is 24.7 Å². The molecule has 26 heavy (non-hydrogen) atoms. The SMILES string of the molecule is CC(C)(C)COC(=O)N1CC/C(=C\C#Cc2cccc(Cl)c2)C(C)(C)C1. The first-order chi connectivity index (χ1) is 12.1. The Morgan fingerprint density at radius 3 is 2.73 bits per heavy atom. The van der Waals surface area contributed by atoms with Crippen molar-refractivity contribution >= 4 is 17.7 Å². The van der Waals surface area contributed by atoms with Crippen LogP contribution in [0.2, 0.25) is 5.02 Å². The van der Waals surface area contributed by atoms with Gasteiger partial charge in [0.25, 0.3) is 0 Å². The molecular formula is C22H28ClNO2. The zero-order valence-electron chi connectivity index (χ0n) is 16.4. The molecule has 1 aromatic rings. The number of allylic oxidation sites excluding steroid dienone is 1. The van der Waals surface area contributed by atoms with Gasteiger partial charge in [0.1, 0.15) is 0 Å². The summed E-state index contributed by atoms with van der Waals surface area (Å²) in [7, 11) is 0. The zero-order valence-corrected chi connectivity index (χ0v) is 17.1. The number of likely N-dealkylation sites (tertiary alicyclic amines) is 1. The quantitative estimate of drug-likeness (QED) is 0.605. The van der Waals surface area contributed by atoms with Gasteiger partial charge in [-0.1, -0.05) is 69.7 Å². The highest BCUT2D eigenvalue weighted by Gasteiger charge is 2.34. The summed E-state index contributed by atoms with van der Waals surface area (Å²) in [5.41, 5.74) is 2.01. The first kappa shape index (κ1) is 20.4. The molecule has 0 aromatic heterocycles. The van der Waals surface area contributed by atoms with Crippen molar-refractivity contribution in [1.82, 2.24) is 4.90 Å². The molecule has 4 heteroatoms. The highest BCUT2D eigenvalue weighted by molar-refractivity contribution is 6.30. The van der Waals surface area contributed by atoms with E-state index in [9.17, 15) is 4.79 Å². The van der Waals surface area contributed by atoms with Crippen molar-refractivity contribution < 1.29 is 9.53 Å². The van der Waals surface area contributed by atoms with Crippen molar-refractivity contribution in [1.29, 1.82) is 0 Å². The first-order valence-electron chi connectivity index (χ1n) is 8.95. The lowest BCUT2D eigenvalue weighted by Crippen LogP contribution is -2.45. The van der Waals surface area contributed by atoms with Crippen LogP contribution in [0.1, 0.15) is 46.6 Å². The minimum Gasteiger partial charge on any atom is -0.449 e. The standard InChI is InChI=1S/C22H28ClNO2/c1-21(2,3)16-26-20(25)24-13-12-18(22(4,5)15-24)10-6-8-17-9-7-11-19(23)14-17/h7,9-11,14H,12-13,15-16H2,1-5H3/b18-10+. The van der Waals surface area contributed by atoms with Crippen LogP contribution in [0, 0.1) is 22.7 Å². The second-order valence-corrected chi connectivity index (χ2v) is 9.06. The molecule has 1 aliphatic heterocycles. The van der Waals surface area contributed by atoms with E-state index in [-0.39, 0.29) is 16.9 Å². The number of carbonyl (C=O) groups is 1. The number of hydrogen-bond donors (Lipinski definition) is 0. The van der Waals surface area contributed by atoms with Gasteiger partial charge in [0.2, 0.25) is 0 Å². The van der Waals surface area contributed by atoms with E-state index in [1.165, 1.54) is 5.57 Å². The average molecular weight is 374 g/mol. The molecule has 3 nitrogen and oxygen atoms in total. The monoisotopic (exact) mass is 373 g/mol. The lowest BCUT2D eigenvalue weighted by atomic mass is 9.79. The molecule has 0 N–H and O–H groups in total. The molecule has 1 heterocycles. The predicted octanol–water partition coefficient (Wildman–Crippen LogP) is 5.53. The van der Waals surface area contributed by atoms with Gasteiger partial charge in [-0.05, 0) is 36.1 Å². The zero-order chi connectivity index (χ0) is 19.4. The molecule has 0 aliphatic carbocycles. The third-order valence-electron chi connectivity index (χ3n) is 4.28. The first-order valence-corrected chi connectivity index (χ1v) is 9.33. The Morgan fingerprint density at radius 1 is 1.38 bits per heavy atom. The number of hydrogen-bond acceptors (Lipinski definition) is 2. The molecule has 0 unspecified atom stereocenters. The molecule has 0 spiro atoms. The maximum Gasteiger partial charge on any atom is 0.409 e. The minimum absolute atomic E-state index is 0.0258. The van der Waals surface area contributed by atoms with E-state index in [2.05, 4.69) is 46.5 Å². The normalized spacial score (nSPS) is 18.2. The maximum absolute atomic E-state index is 12.3.